The van der Waals surface area contributed by atoms with Gasteiger partial charge < -0.3 is 5.11 Å². The molecule has 3 nitrogen and oxygen atoms in total. The quantitative estimate of drug-likeness (QED) is 0.846. The third-order valence-electron chi connectivity index (χ3n) is 5.14. The van der Waals surface area contributed by atoms with Crippen molar-refractivity contribution in [1.82, 2.24) is 0 Å². The van der Waals surface area contributed by atoms with E-state index in [9.17, 15) is 22.3 Å². The highest BCUT2D eigenvalue weighted by atomic mass is 32.2. The molecule has 1 N–H and O–H groups in total. The summed E-state index contributed by atoms with van der Waals surface area (Å²) in [6.07, 6.45) is 3.34. The smallest absolute Gasteiger partial charge is 0.178 e. The Hall–Kier alpha value is -1.79. The molecule has 26 heavy (non-hydrogen) atoms. The largest absolute Gasteiger partial charge is 0.396 e. The van der Waals surface area contributed by atoms with Crippen molar-refractivity contribution in [2.45, 2.75) is 30.6 Å². The Morgan fingerprint density at radius 3 is 2.12 bits per heavy atom. The van der Waals surface area contributed by atoms with Crippen molar-refractivity contribution in [1.29, 1.82) is 0 Å². The molecule has 6 heteroatoms. The molecule has 1 aliphatic rings. The van der Waals surface area contributed by atoms with Crippen molar-refractivity contribution < 1.29 is 22.3 Å². The zero-order valence-electron chi connectivity index (χ0n) is 14.4. The molecule has 0 atom stereocenters. The first-order valence-corrected chi connectivity index (χ1v) is 10.4. The van der Waals surface area contributed by atoms with Crippen LogP contribution in [-0.2, 0) is 9.84 Å². The van der Waals surface area contributed by atoms with E-state index in [1.165, 1.54) is 24.3 Å². The maximum atomic E-state index is 13.9. The minimum atomic E-state index is -3.42. The zero-order valence-corrected chi connectivity index (χ0v) is 15.2. The summed E-state index contributed by atoms with van der Waals surface area (Å²) in [5, 5.41) is 9.18. The number of rotatable bonds is 5. The van der Waals surface area contributed by atoms with Crippen molar-refractivity contribution in [3.05, 3.63) is 54.1 Å². The summed E-state index contributed by atoms with van der Waals surface area (Å²) in [4.78, 5) is 0.216. The number of sulfone groups is 1. The number of hydrogen-bond acceptors (Lipinski definition) is 3. The molecular formula is C20H22F2O3S. The summed E-state index contributed by atoms with van der Waals surface area (Å²) in [7, 11) is -3.42. The number of aliphatic hydroxyl groups is 1. The normalized spacial score (nSPS) is 20.9. The minimum absolute atomic E-state index is 0.0927. The lowest BCUT2D eigenvalue weighted by atomic mass is 9.83. The van der Waals surface area contributed by atoms with Crippen molar-refractivity contribution >= 4 is 9.84 Å². The van der Waals surface area contributed by atoms with Gasteiger partial charge in [0.15, 0.2) is 9.84 Å². The van der Waals surface area contributed by atoms with E-state index in [4.69, 9.17) is 0 Å². The summed E-state index contributed by atoms with van der Waals surface area (Å²) >= 11 is 0. The van der Waals surface area contributed by atoms with Crippen LogP contribution in [-0.4, -0.2) is 25.9 Å². The van der Waals surface area contributed by atoms with Crippen LogP contribution in [0.2, 0.25) is 0 Å². The van der Waals surface area contributed by atoms with Gasteiger partial charge in [-0.05, 0) is 67.3 Å². The maximum Gasteiger partial charge on any atom is 0.178 e. The molecule has 0 saturated heterocycles. The summed E-state index contributed by atoms with van der Waals surface area (Å²) in [6, 6.07) is 9.37. The second-order valence-corrected chi connectivity index (χ2v) is 9.03. The second kappa shape index (κ2) is 7.84. The Balaban J connectivity index is 1.73. The van der Waals surface area contributed by atoms with Crippen molar-refractivity contribution in [3.63, 3.8) is 0 Å². The fourth-order valence-corrected chi connectivity index (χ4v) is 5.25. The topological polar surface area (TPSA) is 54.4 Å². The lowest BCUT2D eigenvalue weighted by Crippen LogP contribution is -2.23. The Kier molecular flexibility index (Phi) is 5.73. The van der Waals surface area contributed by atoms with Crippen molar-refractivity contribution in [2.24, 2.45) is 11.8 Å². The number of benzene rings is 2. The molecule has 3 rings (SSSR count). The Labute approximate surface area is 152 Å². The third kappa shape index (κ3) is 4.30. The van der Waals surface area contributed by atoms with Crippen molar-refractivity contribution in [2.75, 3.05) is 12.4 Å². The van der Waals surface area contributed by atoms with E-state index in [-0.39, 0.29) is 28.7 Å². The van der Waals surface area contributed by atoms with E-state index >= 15 is 0 Å². The lowest BCUT2D eigenvalue weighted by molar-refractivity contribution is 0.172. The van der Waals surface area contributed by atoms with E-state index in [0.29, 0.717) is 11.5 Å². The van der Waals surface area contributed by atoms with Gasteiger partial charge in [-0.1, -0.05) is 12.1 Å². The van der Waals surface area contributed by atoms with Gasteiger partial charge in [0.1, 0.15) is 11.6 Å². The highest BCUT2D eigenvalue weighted by Gasteiger charge is 2.26. The highest BCUT2D eigenvalue weighted by molar-refractivity contribution is 7.91. The van der Waals surface area contributed by atoms with Gasteiger partial charge in [-0.25, -0.2) is 17.2 Å². The van der Waals surface area contributed by atoms with Gasteiger partial charge in [0, 0.05) is 18.2 Å². The maximum absolute atomic E-state index is 13.9. The van der Waals surface area contributed by atoms with Gasteiger partial charge in [0.05, 0.1) is 10.6 Å². The van der Waals surface area contributed by atoms with Crippen LogP contribution in [0.1, 0.15) is 25.7 Å². The van der Waals surface area contributed by atoms with Gasteiger partial charge in [-0.15, -0.1) is 0 Å². The van der Waals surface area contributed by atoms with E-state index in [1.54, 1.807) is 12.1 Å². The summed E-state index contributed by atoms with van der Waals surface area (Å²) in [6.45, 7) is 0.168. The fraction of sp³-hybridized carbons (Fsp3) is 0.400. The molecule has 2 aromatic rings. The molecule has 0 amide bonds. The van der Waals surface area contributed by atoms with Crippen LogP contribution in [0.4, 0.5) is 8.78 Å². The summed E-state index contributed by atoms with van der Waals surface area (Å²) in [5.74, 6) is -0.839. The fourth-order valence-electron chi connectivity index (χ4n) is 3.55. The molecule has 0 aromatic heterocycles. The van der Waals surface area contributed by atoms with Gasteiger partial charge in [-0.3, -0.25) is 0 Å². The van der Waals surface area contributed by atoms with Crippen molar-refractivity contribution in [3.8, 4) is 11.1 Å². The number of aliphatic hydroxyl groups excluding tert-OH is 1. The van der Waals surface area contributed by atoms with E-state index in [0.717, 1.165) is 31.7 Å². The molecule has 0 spiro atoms. The van der Waals surface area contributed by atoms with Gasteiger partial charge in [-0.2, -0.15) is 0 Å². The number of halogens is 2. The molecule has 0 heterocycles. The van der Waals surface area contributed by atoms with E-state index in [1.807, 2.05) is 0 Å². The third-order valence-corrected chi connectivity index (χ3v) is 7.04. The standard InChI is InChI=1S/C20H22F2O3S/c21-17-7-10-19(20(22)11-17)16-5-8-18(9-6-16)26(24,25)13-15-3-1-14(12-23)2-4-15/h5-11,14-15,23H,1-4,12-13H2. The monoisotopic (exact) mass is 380 g/mol. The van der Waals surface area contributed by atoms with E-state index < -0.39 is 21.5 Å². The molecule has 140 valence electrons. The van der Waals surface area contributed by atoms with Crippen LogP contribution in [0, 0.1) is 23.5 Å². The molecule has 0 bridgehead atoms. The van der Waals surface area contributed by atoms with Crippen LogP contribution in [0.3, 0.4) is 0 Å². The van der Waals surface area contributed by atoms with Crippen LogP contribution in [0.5, 0.6) is 0 Å². The Morgan fingerprint density at radius 1 is 0.923 bits per heavy atom. The Morgan fingerprint density at radius 2 is 1.54 bits per heavy atom. The first kappa shape index (κ1) is 19.0. The SMILES string of the molecule is O=S(=O)(CC1CCC(CO)CC1)c1ccc(-c2ccc(F)cc2F)cc1. The second-order valence-electron chi connectivity index (χ2n) is 7.00. The highest BCUT2D eigenvalue weighted by Crippen LogP contribution is 2.31. The molecule has 0 radical (unpaired) electrons. The Bertz CT molecular complexity index is 855. The number of hydrogen-bond donors (Lipinski definition) is 1. The van der Waals surface area contributed by atoms with Crippen LogP contribution in [0.15, 0.2) is 47.4 Å². The molecule has 2 aromatic carbocycles. The van der Waals surface area contributed by atoms with Gasteiger partial charge in [0.25, 0.3) is 0 Å². The van der Waals surface area contributed by atoms with Gasteiger partial charge in [0.2, 0.25) is 0 Å². The zero-order chi connectivity index (χ0) is 18.7. The molecule has 0 unspecified atom stereocenters. The van der Waals surface area contributed by atoms with Gasteiger partial charge >= 0.3 is 0 Å². The molecular weight excluding hydrogens is 358 g/mol. The molecule has 0 aliphatic heterocycles. The first-order chi connectivity index (χ1) is 12.4. The predicted molar refractivity (Wildman–Crippen MR) is 96.4 cm³/mol. The molecule has 1 fully saturated rings. The first-order valence-electron chi connectivity index (χ1n) is 8.78. The average Bonchev–Trinajstić information content (AvgIpc) is 2.62. The summed E-state index contributed by atoms with van der Waals surface area (Å²) < 4.78 is 52.2. The van der Waals surface area contributed by atoms with Crippen LogP contribution >= 0.6 is 0 Å². The van der Waals surface area contributed by atoms with Crippen LogP contribution in [0.25, 0.3) is 11.1 Å². The van der Waals surface area contributed by atoms with E-state index in [2.05, 4.69) is 0 Å². The average molecular weight is 380 g/mol. The van der Waals surface area contributed by atoms with Crippen LogP contribution < -0.4 is 0 Å². The predicted octanol–water partition coefficient (Wildman–Crippen LogP) is 4.20. The summed E-state index contributed by atoms with van der Waals surface area (Å²) in [5.41, 5.74) is 0.738. The molecule has 1 aliphatic carbocycles. The molecule has 1 saturated carbocycles. The minimum Gasteiger partial charge on any atom is -0.396 e. The lowest BCUT2D eigenvalue weighted by Gasteiger charge is -2.27.